The van der Waals surface area contributed by atoms with Crippen LogP contribution in [0.2, 0.25) is 0 Å². The van der Waals surface area contributed by atoms with E-state index in [1.54, 1.807) is 0 Å². The van der Waals surface area contributed by atoms with Crippen molar-refractivity contribution >= 4 is 42.3 Å². The second kappa shape index (κ2) is 7.33. The Balaban J connectivity index is 0.00000121. The number of amidine groups is 1. The number of oxime groups is 1. The molecule has 2 unspecified atom stereocenters. The quantitative estimate of drug-likeness (QED) is 0.272. The standard InChI is InChI=1S/C13H16N6O.2ClH/c14-11(19-20)10-12(18-13(15)17-10)16-9-6-5-7-3-1-2-4-8(7)9;;/h1-4,10,12,20H,5-6H2,(H2,14,19)(H3,15,17,18);2*1H. The molecule has 0 spiro atoms. The van der Waals surface area contributed by atoms with E-state index in [-0.39, 0.29) is 36.6 Å². The summed E-state index contributed by atoms with van der Waals surface area (Å²) in [5.74, 6) is 0.275. The van der Waals surface area contributed by atoms with Gasteiger partial charge in [0, 0.05) is 5.71 Å². The minimum atomic E-state index is -0.500. The van der Waals surface area contributed by atoms with Crippen LogP contribution in [0.3, 0.4) is 0 Å². The van der Waals surface area contributed by atoms with E-state index in [2.05, 4.69) is 32.6 Å². The molecule has 0 amide bonds. The van der Waals surface area contributed by atoms with Crippen molar-refractivity contribution in [1.82, 2.24) is 5.32 Å². The van der Waals surface area contributed by atoms with Crippen LogP contribution in [-0.2, 0) is 6.42 Å². The number of aliphatic imine (C=N–C) groups is 2. The van der Waals surface area contributed by atoms with Crippen molar-refractivity contribution in [2.45, 2.75) is 25.0 Å². The number of nitrogens with zero attached hydrogens (tertiary/aromatic N) is 3. The molecule has 1 aliphatic carbocycles. The molecular formula is C13H18Cl2N6O. The summed E-state index contributed by atoms with van der Waals surface area (Å²) in [5, 5.41) is 14.7. The van der Waals surface area contributed by atoms with Gasteiger partial charge >= 0.3 is 0 Å². The molecule has 1 aromatic rings. The smallest absolute Gasteiger partial charge is 0.191 e. The fourth-order valence-electron chi connectivity index (χ4n) is 2.58. The molecule has 0 bridgehead atoms. The summed E-state index contributed by atoms with van der Waals surface area (Å²) in [6.07, 6.45) is 1.35. The zero-order valence-electron chi connectivity index (χ0n) is 11.6. The molecule has 2 aliphatic rings. The number of fused-ring (bicyclic) bond motifs is 1. The van der Waals surface area contributed by atoms with E-state index in [1.807, 2.05) is 12.1 Å². The third-order valence-electron chi connectivity index (χ3n) is 3.55. The lowest BCUT2D eigenvalue weighted by molar-refractivity contribution is 0.314. The van der Waals surface area contributed by atoms with Gasteiger partial charge in [-0.25, -0.2) is 4.99 Å². The van der Waals surface area contributed by atoms with Gasteiger partial charge in [-0.1, -0.05) is 29.4 Å². The first-order valence-electron chi connectivity index (χ1n) is 6.41. The molecule has 0 radical (unpaired) electrons. The van der Waals surface area contributed by atoms with E-state index in [0.29, 0.717) is 0 Å². The zero-order valence-corrected chi connectivity index (χ0v) is 13.3. The van der Waals surface area contributed by atoms with Crippen LogP contribution in [0, 0.1) is 0 Å². The number of halogens is 2. The predicted octanol–water partition coefficient (Wildman–Crippen LogP) is 0.625. The molecular weight excluding hydrogens is 327 g/mol. The number of aryl methyl sites for hydroxylation is 1. The average Bonchev–Trinajstić information content (AvgIpc) is 3.03. The van der Waals surface area contributed by atoms with Crippen molar-refractivity contribution < 1.29 is 5.21 Å². The molecule has 0 fully saturated rings. The van der Waals surface area contributed by atoms with Gasteiger partial charge in [0.2, 0.25) is 0 Å². The second-order valence-electron chi connectivity index (χ2n) is 4.81. The highest BCUT2D eigenvalue weighted by Crippen LogP contribution is 2.23. The lowest BCUT2D eigenvalue weighted by Crippen LogP contribution is -2.47. The Morgan fingerprint density at radius 3 is 2.73 bits per heavy atom. The summed E-state index contributed by atoms with van der Waals surface area (Å²) >= 11 is 0. The maximum absolute atomic E-state index is 8.80. The van der Waals surface area contributed by atoms with Crippen molar-refractivity contribution in [3.63, 3.8) is 0 Å². The van der Waals surface area contributed by atoms with Crippen molar-refractivity contribution in [3.05, 3.63) is 35.4 Å². The maximum Gasteiger partial charge on any atom is 0.191 e. The van der Waals surface area contributed by atoms with Gasteiger partial charge in [0.15, 0.2) is 18.0 Å². The number of rotatable bonds is 2. The lowest BCUT2D eigenvalue weighted by atomic mass is 10.1. The SMILES string of the molecule is Cl.Cl.NC1=NC(N=C2CCc3ccccc32)C(C(N)=NO)N1. The lowest BCUT2D eigenvalue weighted by Gasteiger charge is -2.14. The van der Waals surface area contributed by atoms with Crippen molar-refractivity contribution in [3.8, 4) is 0 Å². The van der Waals surface area contributed by atoms with E-state index < -0.39 is 12.2 Å². The van der Waals surface area contributed by atoms with Gasteiger partial charge in [-0.05, 0) is 24.0 Å². The summed E-state index contributed by atoms with van der Waals surface area (Å²) < 4.78 is 0. The third kappa shape index (κ3) is 3.26. The summed E-state index contributed by atoms with van der Waals surface area (Å²) in [7, 11) is 0. The van der Waals surface area contributed by atoms with E-state index in [0.717, 1.165) is 24.1 Å². The summed E-state index contributed by atoms with van der Waals surface area (Å²) in [6, 6.07) is 7.66. The Labute approximate surface area is 140 Å². The molecule has 22 heavy (non-hydrogen) atoms. The van der Waals surface area contributed by atoms with Crippen LogP contribution in [0.15, 0.2) is 39.4 Å². The number of hydrogen-bond acceptors (Lipinski definition) is 6. The fourth-order valence-corrected chi connectivity index (χ4v) is 2.58. The average molecular weight is 345 g/mol. The van der Waals surface area contributed by atoms with Crippen LogP contribution in [0.25, 0.3) is 0 Å². The van der Waals surface area contributed by atoms with Gasteiger partial charge in [0.1, 0.15) is 6.04 Å². The first kappa shape index (κ1) is 18.1. The maximum atomic E-state index is 8.80. The number of nitrogens with two attached hydrogens (primary N) is 2. The van der Waals surface area contributed by atoms with Gasteiger partial charge in [0.25, 0.3) is 0 Å². The van der Waals surface area contributed by atoms with E-state index in [4.69, 9.17) is 16.7 Å². The number of nitrogens with one attached hydrogen (secondary N) is 1. The van der Waals surface area contributed by atoms with Gasteiger partial charge < -0.3 is 22.0 Å². The van der Waals surface area contributed by atoms with Gasteiger partial charge in [-0.3, -0.25) is 4.99 Å². The van der Waals surface area contributed by atoms with Crippen LogP contribution in [0.1, 0.15) is 17.5 Å². The summed E-state index contributed by atoms with van der Waals surface area (Å²) in [4.78, 5) is 8.83. The van der Waals surface area contributed by atoms with E-state index in [1.165, 1.54) is 5.56 Å². The van der Waals surface area contributed by atoms with Crippen LogP contribution in [0.5, 0.6) is 0 Å². The Morgan fingerprint density at radius 2 is 2.00 bits per heavy atom. The van der Waals surface area contributed by atoms with Gasteiger partial charge in [-0.15, -0.1) is 24.8 Å². The third-order valence-corrected chi connectivity index (χ3v) is 3.55. The number of hydrogen-bond donors (Lipinski definition) is 4. The molecule has 1 heterocycles. The largest absolute Gasteiger partial charge is 0.409 e. The van der Waals surface area contributed by atoms with Gasteiger partial charge in [0.05, 0.1) is 0 Å². The predicted molar refractivity (Wildman–Crippen MR) is 91.5 cm³/mol. The molecule has 1 aliphatic heterocycles. The summed E-state index contributed by atoms with van der Waals surface area (Å²) in [6.45, 7) is 0. The molecule has 1 aromatic carbocycles. The number of guanidine groups is 1. The first-order chi connectivity index (χ1) is 9.69. The highest BCUT2D eigenvalue weighted by molar-refractivity contribution is 6.05. The highest BCUT2D eigenvalue weighted by Gasteiger charge is 2.32. The monoisotopic (exact) mass is 344 g/mol. The molecule has 3 rings (SSSR count). The van der Waals surface area contributed by atoms with Crippen molar-refractivity contribution in [1.29, 1.82) is 0 Å². The Hall–Kier alpha value is -1.99. The topological polar surface area (TPSA) is 121 Å². The molecule has 7 nitrogen and oxygen atoms in total. The minimum Gasteiger partial charge on any atom is -0.409 e. The van der Waals surface area contributed by atoms with Gasteiger partial charge in [-0.2, -0.15) is 0 Å². The van der Waals surface area contributed by atoms with Crippen LogP contribution in [-0.4, -0.2) is 34.9 Å². The molecule has 120 valence electrons. The Morgan fingerprint density at radius 1 is 1.27 bits per heavy atom. The first-order valence-corrected chi connectivity index (χ1v) is 6.41. The highest BCUT2D eigenvalue weighted by atomic mass is 35.5. The van der Waals surface area contributed by atoms with E-state index >= 15 is 0 Å². The molecule has 2 atom stereocenters. The Kier molecular flexibility index (Phi) is 6.01. The number of benzene rings is 1. The second-order valence-corrected chi connectivity index (χ2v) is 4.81. The molecule has 6 N–H and O–H groups in total. The summed E-state index contributed by atoms with van der Waals surface area (Å²) in [5.41, 5.74) is 14.7. The molecule has 0 saturated carbocycles. The fraction of sp³-hybridized carbons (Fsp3) is 0.308. The molecule has 0 saturated heterocycles. The van der Waals surface area contributed by atoms with Crippen LogP contribution >= 0.6 is 24.8 Å². The minimum absolute atomic E-state index is 0. The van der Waals surface area contributed by atoms with Crippen LogP contribution in [0.4, 0.5) is 0 Å². The molecule has 9 heteroatoms. The van der Waals surface area contributed by atoms with Crippen LogP contribution < -0.4 is 16.8 Å². The normalized spacial score (nSPS) is 24.8. The molecule has 0 aromatic heterocycles. The zero-order chi connectivity index (χ0) is 14.1. The van der Waals surface area contributed by atoms with Crippen molar-refractivity contribution in [2.75, 3.05) is 0 Å². The van der Waals surface area contributed by atoms with E-state index in [9.17, 15) is 0 Å². The Bertz CT molecular complexity index is 631. The van der Waals surface area contributed by atoms with Crippen molar-refractivity contribution in [2.24, 2.45) is 26.6 Å².